The number of benzene rings is 2. The molecule has 0 saturated carbocycles. The molecule has 3 heterocycles. The minimum atomic E-state index is -1.48. The first-order valence-corrected chi connectivity index (χ1v) is 12.2. The maximum atomic E-state index is 14.5. The Balaban J connectivity index is 1.56. The van der Waals surface area contributed by atoms with Gasteiger partial charge in [0.1, 0.15) is 42.0 Å². The number of aliphatic hydroxyl groups is 3. The summed E-state index contributed by atoms with van der Waals surface area (Å²) in [5, 5.41) is 44.7. The molecule has 1 aliphatic rings. The SMILES string of the molecule is Cc1nc([C@@H]2O[C@H](CO)[C@H](O)[C@H](n3cc(-c4ccc(Cl)c(F)c4F)nn3)[C@H]2O)n(-c2cc(Cl)ccc2C)n1. The van der Waals surface area contributed by atoms with Crippen LogP contribution in [0.15, 0.2) is 36.5 Å². The Hall–Kier alpha value is -3.00. The molecule has 14 heteroatoms. The van der Waals surface area contributed by atoms with Gasteiger partial charge < -0.3 is 20.1 Å². The molecule has 2 aromatic heterocycles. The van der Waals surface area contributed by atoms with Gasteiger partial charge in [0, 0.05) is 10.6 Å². The fourth-order valence-corrected chi connectivity index (χ4v) is 4.81. The zero-order chi connectivity index (χ0) is 27.3. The summed E-state index contributed by atoms with van der Waals surface area (Å²) in [6.07, 6.45) is -4.01. The van der Waals surface area contributed by atoms with E-state index in [1.807, 2.05) is 6.92 Å². The van der Waals surface area contributed by atoms with Crippen molar-refractivity contribution in [1.82, 2.24) is 29.8 Å². The highest BCUT2D eigenvalue weighted by Gasteiger charge is 2.48. The van der Waals surface area contributed by atoms with Gasteiger partial charge in [0.05, 0.1) is 23.5 Å². The van der Waals surface area contributed by atoms with Gasteiger partial charge in [0.2, 0.25) is 0 Å². The van der Waals surface area contributed by atoms with Crippen LogP contribution in [0.2, 0.25) is 10.0 Å². The van der Waals surface area contributed by atoms with Gasteiger partial charge in [-0.25, -0.2) is 23.1 Å². The molecule has 5 rings (SSSR count). The van der Waals surface area contributed by atoms with Crippen molar-refractivity contribution in [2.45, 2.75) is 44.3 Å². The third-order valence-corrected chi connectivity index (χ3v) is 6.94. The van der Waals surface area contributed by atoms with E-state index in [4.69, 9.17) is 27.9 Å². The van der Waals surface area contributed by atoms with Gasteiger partial charge in [-0.2, -0.15) is 5.10 Å². The average molecular weight is 567 g/mol. The van der Waals surface area contributed by atoms with Crippen LogP contribution in [-0.4, -0.2) is 70.0 Å². The zero-order valence-corrected chi connectivity index (χ0v) is 21.5. The van der Waals surface area contributed by atoms with Crippen LogP contribution in [0.1, 0.15) is 29.4 Å². The molecule has 1 saturated heterocycles. The molecule has 38 heavy (non-hydrogen) atoms. The van der Waals surface area contributed by atoms with E-state index in [0.717, 1.165) is 10.2 Å². The van der Waals surface area contributed by atoms with E-state index in [9.17, 15) is 24.1 Å². The number of aryl methyl sites for hydroxylation is 2. The number of nitrogens with zero attached hydrogens (tertiary/aromatic N) is 6. The minimum absolute atomic E-state index is 0.0605. The third-order valence-electron chi connectivity index (χ3n) is 6.41. The standard InChI is InChI=1S/C24H22Cl2F2N6O4/c1-10-3-4-12(25)7-16(10)34-24(29-11(2)31-34)23-22(37)20(21(36)17(9-35)38-23)33-8-15(30-32-33)13-5-6-14(26)19(28)18(13)27/h3-8,17,20-23,35-37H,9H2,1-2H3/t17-,20+,21+,22-,23-/m1/s1. The lowest BCUT2D eigenvalue weighted by Gasteiger charge is -2.41. The first kappa shape index (κ1) is 26.6. The molecule has 0 unspecified atom stereocenters. The monoisotopic (exact) mass is 566 g/mol. The normalized spacial score (nSPS) is 23.7. The fourth-order valence-electron chi connectivity index (χ4n) is 4.50. The second-order valence-corrected chi connectivity index (χ2v) is 9.76. The van der Waals surface area contributed by atoms with E-state index in [1.165, 1.54) is 23.0 Å². The third kappa shape index (κ3) is 4.57. The highest BCUT2D eigenvalue weighted by Crippen LogP contribution is 2.39. The molecule has 3 N–H and O–H groups in total. The predicted octanol–water partition coefficient (Wildman–Crippen LogP) is 3.12. The molecule has 1 fully saturated rings. The van der Waals surface area contributed by atoms with E-state index in [-0.39, 0.29) is 17.1 Å². The van der Waals surface area contributed by atoms with Crippen molar-refractivity contribution in [2.75, 3.05) is 6.61 Å². The van der Waals surface area contributed by atoms with Crippen LogP contribution in [0.5, 0.6) is 0 Å². The summed E-state index contributed by atoms with van der Waals surface area (Å²) in [7, 11) is 0. The molecule has 0 amide bonds. The van der Waals surface area contributed by atoms with Gasteiger partial charge in [-0.1, -0.05) is 34.5 Å². The van der Waals surface area contributed by atoms with E-state index in [0.29, 0.717) is 16.5 Å². The van der Waals surface area contributed by atoms with Crippen LogP contribution >= 0.6 is 23.2 Å². The Labute approximate surface area is 225 Å². The average Bonchev–Trinajstić information content (AvgIpc) is 3.51. The molecular weight excluding hydrogens is 545 g/mol. The van der Waals surface area contributed by atoms with Gasteiger partial charge in [0.25, 0.3) is 0 Å². The topological polar surface area (TPSA) is 131 Å². The zero-order valence-electron chi connectivity index (χ0n) is 20.0. The molecule has 0 radical (unpaired) electrons. The lowest BCUT2D eigenvalue weighted by Crippen LogP contribution is -2.53. The molecule has 4 aromatic rings. The number of rotatable bonds is 5. The predicted molar refractivity (Wildman–Crippen MR) is 132 cm³/mol. The van der Waals surface area contributed by atoms with Crippen molar-refractivity contribution in [2.24, 2.45) is 0 Å². The van der Waals surface area contributed by atoms with Crippen LogP contribution in [0.25, 0.3) is 16.9 Å². The second-order valence-electron chi connectivity index (χ2n) is 8.92. The van der Waals surface area contributed by atoms with Crippen molar-refractivity contribution in [3.8, 4) is 16.9 Å². The second kappa shape index (κ2) is 10.3. The van der Waals surface area contributed by atoms with Crippen molar-refractivity contribution < 1.29 is 28.8 Å². The van der Waals surface area contributed by atoms with Crippen LogP contribution < -0.4 is 0 Å². The van der Waals surface area contributed by atoms with Crippen molar-refractivity contribution >= 4 is 23.2 Å². The molecule has 200 valence electrons. The molecule has 0 aliphatic carbocycles. The van der Waals surface area contributed by atoms with Gasteiger partial charge in [-0.3, -0.25) is 0 Å². The number of ether oxygens (including phenoxy) is 1. The Morgan fingerprint density at radius 2 is 1.82 bits per heavy atom. The molecule has 5 atom stereocenters. The number of hydrogen-bond donors (Lipinski definition) is 3. The van der Waals surface area contributed by atoms with Gasteiger partial charge in [0.15, 0.2) is 17.5 Å². The van der Waals surface area contributed by atoms with Gasteiger partial charge in [-0.15, -0.1) is 5.10 Å². The molecule has 2 aromatic carbocycles. The highest BCUT2D eigenvalue weighted by molar-refractivity contribution is 6.31. The largest absolute Gasteiger partial charge is 0.394 e. The van der Waals surface area contributed by atoms with Crippen LogP contribution in [0, 0.1) is 25.5 Å². The van der Waals surface area contributed by atoms with E-state index in [1.54, 1.807) is 25.1 Å². The number of hydrogen-bond acceptors (Lipinski definition) is 8. The molecular formula is C24H22Cl2F2N6O4. The first-order valence-electron chi connectivity index (χ1n) is 11.5. The quantitative estimate of drug-likeness (QED) is 0.314. The number of aromatic nitrogens is 6. The van der Waals surface area contributed by atoms with Crippen LogP contribution in [0.4, 0.5) is 8.78 Å². The van der Waals surface area contributed by atoms with E-state index in [2.05, 4.69) is 20.4 Å². The van der Waals surface area contributed by atoms with Crippen LogP contribution in [-0.2, 0) is 4.74 Å². The smallest absolute Gasteiger partial charge is 0.178 e. The summed E-state index contributed by atoms with van der Waals surface area (Å²) in [6, 6.07) is 6.42. The Bertz CT molecular complexity index is 1500. The Morgan fingerprint density at radius 3 is 2.55 bits per heavy atom. The lowest BCUT2D eigenvalue weighted by atomic mass is 9.92. The van der Waals surface area contributed by atoms with Crippen molar-refractivity contribution in [3.05, 3.63) is 75.4 Å². The lowest BCUT2D eigenvalue weighted by molar-refractivity contribution is -0.210. The summed E-state index contributed by atoms with van der Waals surface area (Å²) >= 11 is 11.8. The summed E-state index contributed by atoms with van der Waals surface area (Å²) in [4.78, 5) is 4.45. The molecule has 0 spiro atoms. The minimum Gasteiger partial charge on any atom is -0.394 e. The van der Waals surface area contributed by atoms with E-state index < -0.39 is 53.7 Å². The Morgan fingerprint density at radius 1 is 1.05 bits per heavy atom. The maximum absolute atomic E-state index is 14.5. The Kier molecular flexibility index (Phi) is 7.20. The maximum Gasteiger partial charge on any atom is 0.178 e. The molecule has 1 aliphatic heterocycles. The summed E-state index contributed by atoms with van der Waals surface area (Å²) in [6.45, 7) is 2.92. The molecule has 10 nitrogen and oxygen atoms in total. The van der Waals surface area contributed by atoms with Crippen molar-refractivity contribution in [1.29, 1.82) is 0 Å². The first-order chi connectivity index (χ1) is 18.1. The van der Waals surface area contributed by atoms with Gasteiger partial charge in [-0.05, 0) is 43.7 Å². The number of aliphatic hydroxyl groups excluding tert-OH is 3. The summed E-state index contributed by atoms with van der Waals surface area (Å²) < 4.78 is 37.0. The summed E-state index contributed by atoms with van der Waals surface area (Å²) in [5.41, 5.74) is 1.14. The highest BCUT2D eigenvalue weighted by atomic mass is 35.5. The van der Waals surface area contributed by atoms with E-state index >= 15 is 0 Å². The van der Waals surface area contributed by atoms with Crippen molar-refractivity contribution in [3.63, 3.8) is 0 Å². The summed E-state index contributed by atoms with van der Waals surface area (Å²) in [5.74, 6) is -1.89. The fraction of sp³-hybridized carbons (Fsp3) is 0.333. The van der Waals surface area contributed by atoms with Gasteiger partial charge >= 0.3 is 0 Å². The van der Waals surface area contributed by atoms with Crippen LogP contribution in [0.3, 0.4) is 0 Å². The molecule has 0 bridgehead atoms. The number of halogens is 4.